The zero-order chi connectivity index (χ0) is 20.1. The summed E-state index contributed by atoms with van der Waals surface area (Å²) in [6, 6.07) is 12.7. The number of nitrogens with one attached hydrogen (secondary N) is 1. The van der Waals surface area contributed by atoms with Gasteiger partial charge in [-0.05, 0) is 31.2 Å². The lowest BCUT2D eigenvalue weighted by Crippen LogP contribution is -2.50. The Morgan fingerprint density at radius 1 is 0.964 bits per heavy atom. The van der Waals surface area contributed by atoms with Crippen LogP contribution in [0.3, 0.4) is 0 Å². The quantitative estimate of drug-likeness (QED) is 0.803. The molecular weight excluding hydrogens is 358 g/mol. The van der Waals surface area contributed by atoms with Gasteiger partial charge >= 0.3 is 6.03 Å². The Hall–Kier alpha value is -3.22. The number of carbonyl (C=O) groups is 2. The van der Waals surface area contributed by atoms with E-state index in [0.717, 1.165) is 5.69 Å². The van der Waals surface area contributed by atoms with Crippen molar-refractivity contribution in [2.75, 3.05) is 50.6 Å². The topological polar surface area (TPSA) is 71.1 Å². The molecule has 3 rings (SSSR count). The highest BCUT2D eigenvalue weighted by Gasteiger charge is 2.22. The van der Waals surface area contributed by atoms with E-state index in [2.05, 4.69) is 10.2 Å². The van der Waals surface area contributed by atoms with Crippen LogP contribution in [0.1, 0.15) is 17.3 Å². The van der Waals surface area contributed by atoms with E-state index in [1.54, 1.807) is 44.2 Å². The van der Waals surface area contributed by atoms with Crippen LogP contribution in [0.5, 0.6) is 11.5 Å². The Labute approximate surface area is 164 Å². The fourth-order valence-electron chi connectivity index (χ4n) is 3.20. The van der Waals surface area contributed by atoms with E-state index in [1.165, 1.54) is 0 Å². The highest BCUT2D eigenvalue weighted by Crippen LogP contribution is 2.29. The van der Waals surface area contributed by atoms with Crippen molar-refractivity contribution in [2.24, 2.45) is 0 Å². The normalized spacial score (nSPS) is 13.8. The number of urea groups is 1. The van der Waals surface area contributed by atoms with Gasteiger partial charge < -0.3 is 24.6 Å². The first-order valence-corrected chi connectivity index (χ1v) is 9.15. The van der Waals surface area contributed by atoms with Gasteiger partial charge in [0.25, 0.3) is 0 Å². The van der Waals surface area contributed by atoms with Crippen molar-refractivity contribution in [3.05, 3.63) is 48.0 Å². The van der Waals surface area contributed by atoms with Gasteiger partial charge in [0.1, 0.15) is 11.5 Å². The minimum absolute atomic E-state index is 0.0482. The number of amides is 2. The van der Waals surface area contributed by atoms with Crippen LogP contribution in [0.25, 0.3) is 0 Å². The molecule has 2 aromatic rings. The van der Waals surface area contributed by atoms with Crippen molar-refractivity contribution in [3.63, 3.8) is 0 Å². The average Bonchev–Trinajstić information content (AvgIpc) is 2.73. The number of methoxy groups -OCH3 is 2. The standard InChI is InChI=1S/C21H25N3O4/c1-15(25)16-5-4-6-17(13-16)23-9-11-24(12-10-23)21(26)22-19-14-18(27-2)7-8-20(19)28-3/h4-8,13-14H,9-12H2,1-3H3,(H,22,26). The number of rotatable bonds is 5. The summed E-state index contributed by atoms with van der Waals surface area (Å²) in [6.45, 7) is 4.13. The predicted molar refractivity (Wildman–Crippen MR) is 109 cm³/mol. The van der Waals surface area contributed by atoms with Gasteiger partial charge in [0.05, 0.1) is 19.9 Å². The van der Waals surface area contributed by atoms with Gasteiger partial charge in [0.15, 0.2) is 5.78 Å². The van der Waals surface area contributed by atoms with Crippen LogP contribution in [-0.2, 0) is 0 Å². The van der Waals surface area contributed by atoms with Crippen molar-refractivity contribution in [2.45, 2.75) is 6.92 Å². The molecule has 0 atom stereocenters. The van der Waals surface area contributed by atoms with E-state index >= 15 is 0 Å². The Balaban J connectivity index is 1.63. The summed E-state index contributed by atoms with van der Waals surface area (Å²) in [5, 5.41) is 2.90. The molecule has 148 valence electrons. The number of ether oxygens (including phenoxy) is 2. The van der Waals surface area contributed by atoms with Crippen LogP contribution < -0.4 is 19.7 Å². The number of hydrogen-bond donors (Lipinski definition) is 1. The molecule has 1 N–H and O–H groups in total. The smallest absolute Gasteiger partial charge is 0.322 e. The van der Waals surface area contributed by atoms with Gasteiger partial charge in [-0.25, -0.2) is 4.79 Å². The highest BCUT2D eigenvalue weighted by molar-refractivity contribution is 5.95. The molecule has 1 aliphatic heterocycles. The first-order valence-electron chi connectivity index (χ1n) is 9.15. The maximum atomic E-state index is 12.7. The van der Waals surface area contributed by atoms with Gasteiger partial charge in [-0.1, -0.05) is 12.1 Å². The number of anilines is 2. The van der Waals surface area contributed by atoms with Crippen LogP contribution in [0.15, 0.2) is 42.5 Å². The molecule has 1 aliphatic rings. The van der Waals surface area contributed by atoms with E-state index in [0.29, 0.717) is 48.9 Å². The summed E-state index contributed by atoms with van der Waals surface area (Å²) < 4.78 is 10.5. The Kier molecular flexibility index (Phi) is 6.03. The van der Waals surface area contributed by atoms with Crippen molar-refractivity contribution in [1.82, 2.24) is 4.90 Å². The number of hydrogen-bond acceptors (Lipinski definition) is 5. The number of ketones is 1. The second-order valence-electron chi connectivity index (χ2n) is 6.58. The predicted octanol–water partition coefficient (Wildman–Crippen LogP) is 3.26. The lowest BCUT2D eigenvalue weighted by Gasteiger charge is -2.36. The second kappa shape index (κ2) is 8.65. The summed E-state index contributed by atoms with van der Waals surface area (Å²) in [5.41, 5.74) is 2.27. The molecule has 1 fully saturated rings. The molecule has 0 aromatic heterocycles. The number of Topliss-reactive ketones (excluding diaryl/α,β-unsaturated/α-hetero) is 1. The van der Waals surface area contributed by atoms with Gasteiger partial charge in [-0.3, -0.25) is 4.79 Å². The fourth-order valence-corrected chi connectivity index (χ4v) is 3.20. The van der Waals surface area contributed by atoms with Gasteiger partial charge in [0.2, 0.25) is 0 Å². The van der Waals surface area contributed by atoms with E-state index in [9.17, 15) is 9.59 Å². The maximum Gasteiger partial charge on any atom is 0.322 e. The number of piperazine rings is 1. The minimum atomic E-state index is -0.177. The lowest BCUT2D eigenvalue weighted by atomic mass is 10.1. The molecule has 0 unspecified atom stereocenters. The molecule has 0 radical (unpaired) electrons. The lowest BCUT2D eigenvalue weighted by molar-refractivity contribution is 0.101. The van der Waals surface area contributed by atoms with Crippen LogP contribution >= 0.6 is 0 Å². The van der Waals surface area contributed by atoms with Gasteiger partial charge in [-0.2, -0.15) is 0 Å². The van der Waals surface area contributed by atoms with Crippen molar-refractivity contribution in [3.8, 4) is 11.5 Å². The van der Waals surface area contributed by atoms with Crippen molar-refractivity contribution < 1.29 is 19.1 Å². The summed E-state index contributed by atoms with van der Waals surface area (Å²) in [7, 11) is 3.14. The van der Waals surface area contributed by atoms with Gasteiger partial charge in [-0.15, -0.1) is 0 Å². The Morgan fingerprint density at radius 3 is 2.36 bits per heavy atom. The molecule has 2 aromatic carbocycles. The summed E-state index contributed by atoms with van der Waals surface area (Å²) in [6.07, 6.45) is 0. The van der Waals surface area contributed by atoms with Gasteiger partial charge in [0, 0.05) is 43.5 Å². The molecule has 0 aliphatic carbocycles. The molecule has 7 nitrogen and oxygen atoms in total. The van der Waals surface area contributed by atoms with E-state index in [4.69, 9.17) is 9.47 Å². The van der Waals surface area contributed by atoms with Crippen molar-refractivity contribution >= 4 is 23.2 Å². The molecule has 7 heteroatoms. The molecule has 1 saturated heterocycles. The largest absolute Gasteiger partial charge is 0.497 e. The summed E-state index contributed by atoms with van der Waals surface area (Å²) in [5.74, 6) is 1.27. The minimum Gasteiger partial charge on any atom is -0.497 e. The van der Waals surface area contributed by atoms with E-state index in [-0.39, 0.29) is 11.8 Å². The Morgan fingerprint density at radius 2 is 1.71 bits per heavy atom. The molecule has 0 spiro atoms. The highest BCUT2D eigenvalue weighted by atomic mass is 16.5. The molecule has 1 heterocycles. The average molecular weight is 383 g/mol. The fraction of sp³-hybridized carbons (Fsp3) is 0.333. The van der Waals surface area contributed by atoms with E-state index in [1.807, 2.05) is 24.3 Å². The first-order chi connectivity index (χ1) is 13.5. The molecule has 0 bridgehead atoms. The first kappa shape index (κ1) is 19.5. The third-order valence-electron chi connectivity index (χ3n) is 4.83. The summed E-state index contributed by atoms with van der Waals surface area (Å²) >= 11 is 0. The van der Waals surface area contributed by atoms with Crippen LogP contribution in [-0.4, -0.2) is 57.1 Å². The van der Waals surface area contributed by atoms with E-state index < -0.39 is 0 Å². The molecule has 2 amide bonds. The monoisotopic (exact) mass is 383 g/mol. The zero-order valence-electron chi connectivity index (χ0n) is 16.4. The molecule has 0 saturated carbocycles. The van der Waals surface area contributed by atoms with Crippen molar-refractivity contribution in [1.29, 1.82) is 0 Å². The van der Waals surface area contributed by atoms with Crippen LogP contribution in [0.4, 0.5) is 16.2 Å². The Bertz CT molecular complexity index is 860. The number of benzene rings is 2. The van der Waals surface area contributed by atoms with Crippen LogP contribution in [0, 0.1) is 0 Å². The third-order valence-corrected chi connectivity index (χ3v) is 4.83. The second-order valence-corrected chi connectivity index (χ2v) is 6.58. The maximum absolute atomic E-state index is 12.7. The molecular formula is C21H25N3O4. The summed E-state index contributed by atoms with van der Waals surface area (Å²) in [4.78, 5) is 28.2. The number of carbonyl (C=O) groups excluding carboxylic acids is 2. The van der Waals surface area contributed by atoms with Crippen LogP contribution in [0.2, 0.25) is 0 Å². The SMILES string of the molecule is COc1ccc(OC)c(NC(=O)N2CCN(c3cccc(C(C)=O)c3)CC2)c1. The zero-order valence-corrected chi connectivity index (χ0v) is 16.4. The third kappa shape index (κ3) is 4.36. The number of nitrogens with zero attached hydrogens (tertiary/aromatic N) is 2. The molecule has 28 heavy (non-hydrogen) atoms.